The quantitative estimate of drug-likeness (QED) is 0.0883. The van der Waals surface area contributed by atoms with Gasteiger partial charge in [0.15, 0.2) is 0 Å². The third-order valence-electron chi connectivity index (χ3n) is 9.73. The van der Waals surface area contributed by atoms with Crippen LogP contribution in [0.1, 0.15) is 182 Å². The summed E-state index contributed by atoms with van der Waals surface area (Å²) in [5.41, 5.74) is 7.69. The van der Waals surface area contributed by atoms with Gasteiger partial charge in [0.25, 0.3) is 0 Å². The van der Waals surface area contributed by atoms with Crippen molar-refractivity contribution in [2.45, 2.75) is 188 Å². The maximum atomic E-state index is 4.50. The Balaban J connectivity index is 0.000000400. The molecule has 0 saturated carbocycles. The highest BCUT2D eigenvalue weighted by Gasteiger charge is 2.05. The van der Waals surface area contributed by atoms with Crippen molar-refractivity contribution < 1.29 is 0 Å². The zero-order valence-corrected chi connectivity index (χ0v) is 41.6. The molecule has 0 spiro atoms. The van der Waals surface area contributed by atoms with Crippen LogP contribution < -0.4 is 0 Å². The van der Waals surface area contributed by atoms with Crippen LogP contribution in [0.4, 0.5) is 0 Å². The Morgan fingerprint density at radius 1 is 0.283 bits per heavy atom. The number of nitrogens with zero attached hydrogens (tertiary/aromatic N) is 6. The van der Waals surface area contributed by atoms with Crippen molar-refractivity contribution in [3.05, 3.63) is 107 Å². The summed E-state index contributed by atoms with van der Waals surface area (Å²) < 4.78 is 0. The normalized spacial score (nSPS) is 11.3. The van der Waals surface area contributed by atoms with Gasteiger partial charge in [-0.25, -0.2) is 19.9 Å². The highest BCUT2D eigenvalue weighted by atomic mass is 14.9. The van der Waals surface area contributed by atoms with Crippen molar-refractivity contribution in [3.8, 4) is 0 Å². The number of hydrogen-bond donors (Lipinski definition) is 0. The molecule has 0 atom stereocenters. The second kappa shape index (κ2) is 31.3. The summed E-state index contributed by atoms with van der Waals surface area (Å²) in [6.45, 7) is 35.7. The molecule has 4 rings (SSSR count). The van der Waals surface area contributed by atoms with E-state index in [1.807, 2.05) is 37.2 Å². The van der Waals surface area contributed by atoms with Crippen molar-refractivity contribution >= 4 is 0 Å². The van der Waals surface area contributed by atoms with Gasteiger partial charge in [-0.05, 0) is 146 Å². The summed E-state index contributed by atoms with van der Waals surface area (Å²) >= 11 is 0. The minimum Gasteiger partial charge on any atom is -0.261 e. The second-order valence-electron chi connectivity index (χ2n) is 20.5. The van der Waals surface area contributed by atoms with Crippen LogP contribution in [-0.4, -0.2) is 29.9 Å². The first kappa shape index (κ1) is 54.5. The summed E-state index contributed by atoms with van der Waals surface area (Å²) in [6, 6.07) is 8.81. The monoisotopic (exact) mass is 823 g/mol. The molecule has 6 nitrogen and oxygen atoms in total. The summed E-state index contributed by atoms with van der Waals surface area (Å²) in [5, 5.41) is 0. The number of rotatable bonds is 20. The van der Waals surface area contributed by atoms with Gasteiger partial charge in [0.1, 0.15) is 11.6 Å². The number of aromatic nitrogens is 6. The highest BCUT2D eigenvalue weighted by Crippen LogP contribution is 2.13. The van der Waals surface area contributed by atoms with Crippen LogP contribution >= 0.6 is 0 Å². The lowest BCUT2D eigenvalue weighted by Crippen LogP contribution is -2.02. The number of aryl methyl sites for hydroxylation is 4. The molecule has 0 aromatic carbocycles. The maximum Gasteiger partial charge on any atom is 0.128 e. The Kier molecular flexibility index (Phi) is 28.4. The zero-order chi connectivity index (χ0) is 45.0. The van der Waals surface area contributed by atoms with Crippen LogP contribution in [0.3, 0.4) is 0 Å². The molecule has 0 unspecified atom stereocenters. The van der Waals surface area contributed by atoms with E-state index in [-0.39, 0.29) is 0 Å². The molecule has 0 amide bonds. The van der Waals surface area contributed by atoms with Crippen LogP contribution in [0.25, 0.3) is 0 Å². The summed E-state index contributed by atoms with van der Waals surface area (Å²) in [7, 11) is 0. The standard InChI is InChI=1S/2C14H23N.2C13H22N2/c1-11(2)5-7-14-8-6-13(10-15-14)9-12(3)4;1-11(2)5-6-13-7-8-14(15-10-13)9-12(3)4;1-10(2)5-6-13-14-8-12(9-15-13)7-11(3)4;1-10(2)5-6-12-8-14-13(15-9-12)7-11(3)4/h6,8,10-12H,5,7,9H2,1-4H3;7-8,10-12H,5-6,9H2,1-4H3;2*8-11H,5-7H2,1-4H3. The minimum absolute atomic E-state index is 0.631. The summed E-state index contributed by atoms with van der Waals surface area (Å²) in [6.07, 6.45) is 25.5. The molecule has 0 fully saturated rings. The first-order valence-electron chi connectivity index (χ1n) is 23.8. The van der Waals surface area contributed by atoms with Gasteiger partial charge in [-0.3, -0.25) is 9.97 Å². The fourth-order valence-electron chi connectivity index (χ4n) is 6.17. The predicted molar refractivity (Wildman–Crippen MR) is 259 cm³/mol. The lowest BCUT2D eigenvalue weighted by atomic mass is 10.0. The Morgan fingerprint density at radius 3 is 1.10 bits per heavy atom. The molecule has 60 heavy (non-hydrogen) atoms. The van der Waals surface area contributed by atoms with Crippen molar-refractivity contribution in [1.82, 2.24) is 29.9 Å². The molecular weight excluding hydrogens is 733 g/mol. The van der Waals surface area contributed by atoms with E-state index in [4.69, 9.17) is 0 Å². The maximum absolute atomic E-state index is 4.50. The van der Waals surface area contributed by atoms with E-state index >= 15 is 0 Å². The summed E-state index contributed by atoms with van der Waals surface area (Å²) in [4.78, 5) is 26.6. The third kappa shape index (κ3) is 29.6. The van der Waals surface area contributed by atoms with Crippen molar-refractivity contribution in [3.63, 3.8) is 0 Å². The largest absolute Gasteiger partial charge is 0.261 e. The number of pyridine rings is 2. The molecule has 336 valence electrons. The van der Waals surface area contributed by atoms with Crippen LogP contribution in [0.15, 0.2) is 61.4 Å². The minimum atomic E-state index is 0.631. The van der Waals surface area contributed by atoms with E-state index in [2.05, 4.69) is 165 Å². The molecule has 0 aliphatic heterocycles. The van der Waals surface area contributed by atoms with Gasteiger partial charge in [-0.2, -0.15) is 0 Å². The van der Waals surface area contributed by atoms with E-state index in [0.29, 0.717) is 23.7 Å². The molecule has 0 saturated heterocycles. The fourth-order valence-corrected chi connectivity index (χ4v) is 6.17. The summed E-state index contributed by atoms with van der Waals surface area (Å²) in [5.74, 6) is 7.69. The Labute approximate surface area is 370 Å². The van der Waals surface area contributed by atoms with Gasteiger partial charge in [-0.1, -0.05) is 123 Å². The average Bonchev–Trinajstić information content (AvgIpc) is 3.16. The van der Waals surface area contributed by atoms with Gasteiger partial charge in [0.2, 0.25) is 0 Å². The van der Waals surface area contributed by atoms with Crippen molar-refractivity contribution in [2.24, 2.45) is 47.3 Å². The first-order valence-corrected chi connectivity index (χ1v) is 23.8. The molecule has 0 bridgehead atoms. The van der Waals surface area contributed by atoms with E-state index < -0.39 is 0 Å². The van der Waals surface area contributed by atoms with E-state index in [1.54, 1.807) is 0 Å². The van der Waals surface area contributed by atoms with Crippen molar-refractivity contribution in [1.29, 1.82) is 0 Å². The Hall–Kier alpha value is -3.54. The molecule has 4 aromatic rings. The third-order valence-corrected chi connectivity index (χ3v) is 9.73. The zero-order valence-electron chi connectivity index (χ0n) is 41.6. The van der Waals surface area contributed by atoms with Crippen LogP contribution in [0, 0.1) is 47.3 Å². The highest BCUT2D eigenvalue weighted by molar-refractivity contribution is 5.15. The van der Waals surface area contributed by atoms with E-state index in [1.165, 1.54) is 59.3 Å². The van der Waals surface area contributed by atoms with Gasteiger partial charge in [0.05, 0.1) is 0 Å². The smallest absolute Gasteiger partial charge is 0.128 e. The van der Waals surface area contributed by atoms with Gasteiger partial charge in [0, 0.05) is 61.4 Å². The molecule has 6 heteroatoms. The topological polar surface area (TPSA) is 77.3 Å². The van der Waals surface area contributed by atoms with Crippen LogP contribution in [0.5, 0.6) is 0 Å². The van der Waals surface area contributed by atoms with Gasteiger partial charge in [-0.15, -0.1) is 0 Å². The van der Waals surface area contributed by atoms with Crippen LogP contribution in [-0.2, 0) is 51.4 Å². The van der Waals surface area contributed by atoms with Gasteiger partial charge < -0.3 is 0 Å². The molecule has 0 aliphatic carbocycles. The molecular formula is C54H90N6. The van der Waals surface area contributed by atoms with Crippen LogP contribution in [0.2, 0.25) is 0 Å². The fraction of sp³-hybridized carbons (Fsp3) is 0.667. The van der Waals surface area contributed by atoms with E-state index in [9.17, 15) is 0 Å². The average molecular weight is 823 g/mol. The molecule has 0 radical (unpaired) electrons. The SMILES string of the molecule is CC(C)CCc1ccc(CC(C)C)cn1.CC(C)CCc1ccc(CC(C)C)nc1.CC(C)CCc1cnc(CC(C)C)nc1.CC(C)CCc1ncc(CC(C)C)cn1. The van der Waals surface area contributed by atoms with Crippen molar-refractivity contribution in [2.75, 3.05) is 0 Å². The molecule has 4 heterocycles. The first-order chi connectivity index (χ1) is 28.3. The van der Waals surface area contributed by atoms with E-state index in [0.717, 1.165) is 86.7 Å². The number of hydrogen-bond acceptors (Lipinski definition) is 6. The second-order valence-corrected chi connectivity index (χ2v) is 20.5. The van der Waals surface area contributed by atoms with Gasteiger partial charge >= 0.3 is 0 Å². The molecule has 0 N–H and O–H groups in total. The molecule has 4 aromatic heterocycles. The Morgan fingerprint density at radius 2 is 0.650 bits per heavy atom. The predicted octanol–water partition coefficient (Wildman–Crippen LogP) is 14.3. The lowest BCUT2D eigenvalue weighted by molar-refractivity contribution is 0.573. The lowest BCUT2D eigenvalue weighted by Gasteiger charge is -2.07. The molecule has 0 aliphatic rings. The Bertz CT molecular complexity index is 1340.